The van der Waals surface area contributed by atoms with E-state index < -0.39 is 11.7 Å². The smallest absolute Gasteiger partial charge is 0.416 e. The minimum Gasteiger partial charge on any atom is -0.507 e. The monoisotopic (exact) mass is 553 g/mol. The first-order valence-electron chi connectivity index (χ1n) is 11.2. The Morgan fingerprint density at radius 2 is 1.76 bits per heavy atom. The molecule has 0 atom stereocenters. The number of nitrogens with zero attached hydrogens (tertiary/aromatic N) is 1. The normalized spacial score (nSPS) is 11.4. The third-order valence-corrected chi connectivity index (χ3v) is 6.47. The van der Waals surface area contributed by atoms with E-state index in [-0.39, 0.29) is 30.6 Å². The fourth-order valence-corrected chi connectivity index (χ4v) is 4.67. The zero-order valence-electron chi connectivity index (χ0n) is 20.2. The number of hydrogen-bond donors (Lipinski definition) is 1. The van der Waals surface area contributed by atoms with E-state index in [9.17, 15) is 27.5 Å². The summed E-state index contributed by atoms with van der Waals surface area (Å²) in [7, 11) is 0. The molecule has 1 N–H and O–H groups in total. The highest BCUT2D eigenvalue weighted by Gasteiger charge is 2.31. The van der Waals surface area contributed by atoms with E-state index in [0.29, 0.717) is 43.4 Å². The number of aromatic hydroxyl groups is 1. The lowest BCUT2D eigenvalue weighted by Gasteiger charge is -2.10. The Morgan fingerprint density at radius 3 is 2.38 bits per heavy atom. The molecule has 3 aromatic carbocycles. The van der Waals surface area contributed by atoms with E-state index in [1.165, 1.54) is 29.5 Å². The predicted molar refractivity (Wildman–Crippen MR) is 137 cm³/mol. The summed E-state index contributed by atoms with van der Waals surface area (Å²) < 4.78 is 58.0. The van der Waals surface area contributed by atoms with Crippen LogP contribution in [0.15, 0.2) is 48.5 Å². The van der Waals surface area contributed by atoms with Gasteiger partial charge in [0.1, 0.15) is 11.6 Å². The van der Waals surface area contributed by atoms with Crippen LogP contribution in [0.1, 0.15) is 51.0 Å². The van der Waals surface area contributed by atoms with Gasteiger partial charge in [-0.25, -0.2) is 9.37 Å². The van der Waals surface area contributed by atoms with Crippen LogP contribution in [-0.4, -0.2) is 15.9 Å². The van der Waals surface area contributed by atoms with Gasteiger partial charge in [-0.15, -0.1) is 11.3 Å². The number of phenolic OH excluding ortho intramolecular Hbond substituents is 1. The molecule has 1 aromatic heterocycles. The minimum atomic E-state index is -4.42. The first-order valence-corrected chi connectivity index (χ1v) is 12.4. The molecule has 4 aromatic rings. The Labute approximate surface area is 220 Å². The summed E-state index contributed by atoms with van der Waals surface area (Å²) in [6.07, 6.45) is -4.05. The maximum Gasteiger partial charge on any atom is 0.416 e. The second kappa shape index (κ2) is 12.0. The average molecular weight is 554 g/mol. The number of carbonyl (C=O) groups excluding carboxylic acids is 1. The van der Waals surface area contributed by atoms with Gasteiger partial charge in [-0.2, -0.15) is 13.2 Å². The lowest BCUT2D eigenvalue weighted by atomic mass is 10.0. The van der Waals surface area contributed by atoms with Crippen LogP contribution in [0.4, 0.5) is 17.6 Å². The summed E-state index contributed by atoms with van der Waals surface area (Å²) in [6.45, 7) is 5.40. The van der Waals surface area contributed by atoms with E-state index in [0.717, 1.165) is 17.7 Å². The number of aryl methyl sites for hydroxylation is 2. The molecule has 0 fully saturated rings. The van der Waals surface area contributed by atoms with Crippen LogP contribution in [0.25, 0.3) is 10.2 Å². The number of ketones is 1. The number of fused-ring (bicyclic) bond motifs is 1. The maximum absolute atomic E-state index is 13.0. The van der Waals surface area contributed by atoms with Crippen molar-refractivity contribution in [2.45, 2.75) is 46.6 Å². The minimum absolute atomic E-state index is 0.000962. The topological polar surface area (TPSA) is 59.4 Å². The third kappa shape index (κ3) is 7.50. The van der Waals surface area contributed by atoms with Crippen molar-refractivity contribution in [2.75, 3.05) is 0 Å². The molecule has 0 aliphatic heterocycles. The molecule has 37 heavy (non-hydrogen) atoms. The summed E-state index contributed by atoms with van der Waals surface area (Å²) in [5.41, 5.74) is 1.90. The van der Waals surface area contributed by atoms with Crippen molar-refractivity contribution in [1.82, 2.24) is 4.98 Å². The van der Waals surface area contributed by atoms with Gasteiger partial charge < -0.3 is 9.84 Å². The number of phenols is 1. The van der Waals surface area contributed by atoms with Crippen molar-refractivity contribution >= 4 is 38.9 Å². The molecule has 10 heteroatoms. The Morgan fingerprint density at radius 1 is 1.08 bits per heavy atom. The molecule has 0 bridgehead atoms. The van der Waals surface area contributed by atoms with Gasteiger partial charge in [0.2, 0.25) is 0 Å². The van der Waals surface area contributed by atoms with Crippen LogP contribution in [0.5, 0.6) is 5.75 Å². The Balaban J connectivity index is 0.000000248. The number of Topliss-reactive ketones (excluding diaryl/α,β-unsaturated/α-hetero) is 1. The summed E-state index contributed by atoms with van der Waals surface area (Å²) in [5, 5.41) is 10.7. The summed E-state index contributed by atoms with van der Waals surface area (Å²) in [5.74, 6) is -0.407. The molecular formula is C27H24ClF4NO3S. The molecule has 0 amide bonds. The van der Waals surface area contributed by atoms with Crippen LogP contribution < -0.4 is 0 Å². The summed E-state index contributed by atoms with van der Waals surface area (Å²) in [4.78, 5) is 15.6. The molecule has 4 nitrogen and oxygen atoms in total. The molecule has 196 valence electrons. The number of benzene rings is 3. The van der Waals surface area contributed by atoms with Crippen LogP contribution in [0, 0.1) is 19.7 Å². The van der Waals surface area contributed by atoms with Crippen LogP contribution >= 0.6 is 22.9 Å². The van der Waals surface area contributed by atoms with E-state index in [2.05, 4.69) is 4.98 Å². The van der Waals surface area contributed by atoms with Gasteiger partial charge in [0, 0.05) is 17.0 Å². The van der Waals surface area contributed by atoms with Gasteiger partial charge in [-0.1, -0.05) is 30.7 Å². The molecule has 0 radical (unpaired) electrons. The van der Waals surface area contributed by atoms with Crippen molar-refractivity contribution in [2.24, 2.45) is 0 Å². The highest BCUT2D eigenvalue weighted by atomic mass is 35.5. The molecule has 0 saturated carbocycles. The Kier molecular flexibility index (Phi) is 9.28. The fraction of sp³-hybridized carbons (Fsp3) is 0.259. The van der Waals surface area contributed by atoms with Gasteiger partial charge >= 0.3 is 6.18 Å². The highest BCUT2D eigenvalue weighted by Crippen LogP contribution is 2.35. The number of rotatable bonds is 6. The van der Waals surface area contributed by atoms with Gasteiger partial charge in [0.05, 0.1) is 39.6 Å². The first-order chi connectivity index (χ1) is 17.4. The summed E-state index contributed by atoms with van der Waals surface area (Å²) >= 11 is 6.98. The number of thiazole rings is 1. The van der Waals surface area contributed by atoms with Crippen LogP contribution in [-0.2, 0) is 24.1 Å². The standard InChI is InChI=1S/C17H13F4NOS.C10H11ClO2/c1-10-22-16-12(6-13(17(19,20)21)7-15(16)24-10)9-23-8-11-2-4-14(18)5-3-11;1-3-9(12)8-5-7(11)4-6(2)10(8)13/h2-7H,8-9H2,1H3;4-5,13H,3H2,1-2H3. The van der Waals surface area contributed by atoms with Gasteiger partial charge in [0.15, 0.2) is 5.78 Å². The zero-order valence-corrected chi connectivity index (χ0v) is 21.8. The molecule has 0 aliphatic rings. The van der Waals surface area contributed by atoms with Gasteiger partial charge in [-0.05, 0) is 61.4 Å². The number of carbonyl (C=O) groups is 1. The fourth-order valence-electron chi connectivity index (χ4n) is 3.48. The molecular weight excluding hydrogens is 530 g/mol. The quantitative estimate of drug-likeness (QED) is 0.192. The maximum atomic E-state index is 13.0. The summed E-state index contributed by atoms with van der Waals surface area (Å²) in [6, 6.07) is 11.1. The van der Waals surface area contributed by atoms with Gasteiger partial charge in [-0.3, -0.25) is 4.79 Å². The van der Waals surface area contributed by atoms with Gasteiger partial charge in [0.25, 0.3) is 0 Å². The van der Waals surface area contributed by atoms with Crippen molar-refractivity contribution in [3.63, 3.8) is 0 Å². The molecule has 4 rings (SSSR count). The molecule has 0 unspecified atom stereocenters. The largest absolute Gasteiger partial charge is 0.507 e. The molecule has 0 saturated heterocycles. The van der Waals surface area contributed by atoms with E-state index in [4.69, 9.17) is 16.3 Å². The molecule has 0 aliphatic carbocycles. The lowest BCUT2D eigenvalue weighted by Crippen LogP contribution is -2.06. The zero-order chi connectivity index (χ0) is 27.3. The number of alkyl halides is 3. The Hall–Kier alpha value is -3.01. The van der Waals surface area contributed by atoms with Crippen LogP contribution in [0.3, 0.4) is 0 Å². The SMILES string of the molecule is CCC(=O)c1cc(Cl)cc(C)c1O.Cc1nc2c(COCc3ccc(F)cc3)cc(C(F)(F)F)cc2s1. The van der Waals surface area contributed by atoms with E-state index in [1.54, 1.807) is 39.0 Å². The van der Waals surface area contributed by atoms with E-state index in [1.807, 2.05) is 0 Å². The molecule has 1 heterocycles. The van der Waals surface area contributed by atoms with Crippen molar-refractivity contribution < 1.29 is 32.2 Å². The number of ether oxygens (including phenoxy) is 1. The highest BCUT2D eigenvalue weighted by molar-refractivity contribution is 7.18. The predicted octanol–water partition coefficient (Wildman–Crippen LogP) is 8.43. The van der Waals surface area contributed by atoms with E-state index >= 15 is 0 Å². The number of halogens is 5. The second-order valence-electron chi connectivity index (χ2n) is 8.23. The number of hydrogen-bond acceptors (Lipinski definition) is 5. The van der Waals surface area contributed by atoms with Crippen molar-refractivity contribution in [1.29, 1.82) is 0 Å². The first kappa shape index (κ1) is 28.6. The lowest BCUT2D eigenvalue weighted by molar-refractivity contribution is -0.137. The second-order valence-corrected chi connectivity index (χ2v) is 9.90. The van der Waals surface area contributed by atoms with Crippen LogP contribution in [0.2, 0.25) is 5.02 Å². The van der Waals surface area contributed by atoms with Crippen molar-refractivity contribution in [3.05, 3.63) is 92.2 Å². The average Bonchev–Trinajstić information content (AvgIpc) is 3.22. The third-order valence-electron chi connectivity index (χ3n) is 5.33. The number of aromatic nitrogens is 1. The molecule has 0 spiro atoms. The van der Waals surface area contributed by atoms with Crippen molar-refractivity contribution in [3.8, 4) is 5.75 Å². The Bertz CT molecular complexity index is 1400.